The van der Waals surface area contributed by atoms with E-state index >= 15 is 0 Å². The van der Waals surface area contributed by atoms with E-state index in [2.05, 4.69) is 27.9 Å². The van der Waals surface area contributed by atoms with Crippen LogP contribution in [0.5, 0.6) is 5.75 Å². The molecular weight excluding hydrogens is 367 g/mol. The van der Waals surface area contributed by atoms with Crippen molar-refractivity contribution in [2.24, 2.45) is 0 Å². The zero-order chi connectivity index (χ0) is 14.5. The zero-order valence-corrected chi connectivity index (χ0v) is 13.1. The van der Waals surface area contributed by atoms with Crippen LogP contribution in [-0.2, 0) is 4.79 Å². The van der Waals surface area contributed by atoms with E-state index in [1.54, 1.807) is 19.1 Å². The summed E-state index contributed by atoms with van der Waals surface area (Å²) in [5.41, 5.74) is 6.91. The minimum absolute atomic E-state index is 0.234. The van der Waals surface area contributed by atoms with E-state index in [-0.39, 0.29) is 5.91 Å². The monoisotopic (exact) mass is 382 g/mol. The lowest BCUT2D eigenvalue weighted by atomic mass is 10.2. The van der Waals surface area contributed by atoms with Gasteiger partial charge < -0.3 is 15.8 Å². The summed E-state index contributed by atoms with van der Waals surface area (Å²) in [6.07, 6.45) is -0.606. The number of amides is 1. The Morgan fingerprint density at radius 2 is 1.85 bits per heavy atom. The van der Waals surface area contributed by atoms with Gasteiger partial charge in [0, 0.05) is 0 Å². The Morgan fingerprint density at radius 1 is 1.20 bits per heavy atom. The second-order valence-corrected chi connectivity index (χ2v) is 5.43. The molecule has 1 amide bonds. The van der Waals surface area contributed by atoms with Crippen LogP contribution in [0.2, 0.25) is 0 Å². The molecule has 0 aromatic heterocycles. The Morgan fingerprint density at radius 3 is 2.55 bits per heavy atom. The molecule has 20 heavy (non-hydrogen) atoms. The van der Waals surface area contributed by atoms with Crippen LogP contribution in [0, 0.1) is 3.57 Å². The highest BCUT2D eigenvalue weighted by Gasteiger charge is 2.16. The molecular formula is C15H15IN2O2. The second-order valence-electron chi connectivity index (χ2n) is 4.27. The van der Waals surface area contributed by atoms with Crippen LogP contribution in [0.25, 0.3) is 0 Å². The van der Waals surface area contributed by atoms with Crippen LogP contribution in [0.15, 0.2) is 48.5 Å². The van der Waals surface area contributed by atoms with Crippen molar-refractivity contribution in [3.8, 4) is 5.75 Å². The van der Waals surface area contributed by atoms with Crippen LogP contribution in [-0.4, -0.2) is 12.0 Å². The molecule has 0 radical (unpaired) electrons. The summed E-state index contributed by atoms with van der Waals surface area (Å²) in [5.74, 6) is 0.458. The first kappa shape index (κ1) is 14.6. The van der Waals surface area contributed by atoms with Crippen molar-refractivity contribution in [3.05, 3.63) is 52.1 Å². The highest BCUT2D eigenvalue weighted by Crippen LogP contribution is 2.22. The molecule has 2 aromatic rings. The molecule has 0 aliphatic carbocycles. The molecule has 0 saturated heterocycles. The number of carbonyl (C=O) groups excluding carboxylic acids is 1. The molecule has 0 fully saturated rings. The van der Waals surface area contributed by atoms with E-state index in [4.69, 9.17) is 10.5 Å². The number of hydrogen-bond donors (Lipinski definition) is 2. The van der Waals surface area contributed by atoms with E-state index in [0.717, 1.165) is 3.57 Å². The number of nitrogens with two attached hydrogens (primary N) is 1. The van der Waals surface area contributed by atoms with Crippen molar-refractivity contribution in [1.29, 1.82) is 0 Å². The largest absolute Gasteiger partial charge is 0.480 e. The third-order valence-corrected chi connectivity index (χ3v) is 3.62. The summed E-state index contributed by atoms with van der Waals surface area (Å²) in [5, 5.41) is 2.76. The summed E-state index contributed by atoms with van der Waals surface area (Å²) in [7, 11) is 0. The van der Waals surface area contributed by atoms with Crippen molar-refractivity contribution in [1.82, 2.24) is 0 Å². The molecule has 0 aliphatic heterocycles. The summed E-state index contributed by atoms with van der Waals surface area (Å²) < 4.78 is 6.62. The Balaban J connectivity index is 2.03. The van der Waals surface area contributed by atoms with Gasteiger partial charge >= 0.3 is 0 Å². The van der Waals surface area contributed by atoms with E-state index in [1.165, 1.54) is 0 Å². The first-order chi connectivity index (χ1) is 9.58. The number of benzene rings is 2. The lowest BCUT2D eigenvalue weighted by Crippen LogP contribution is -2.30. The fourth-order valence-electron chi connectivity index (χ4n) is 1.63. The lowest BCUT2D eigenvalue weighted by Gasteiger charge is -2.16. The van der Waals surface area contributed by atoms with E-state index in [0.29, 0.717) is 17.1 Å². The van der Waals surface area contributed by atoms with Crippen LogP contribution < -0.4 is 15.8 Å². The summed E-state index contributed by atoms with van der Waals surface area (Å²) >= 11 is 2.17. The molecule has 2 aromatic carbocycles. The fraction of sp³-hybridized carbons (Fsp3) is 0.133. The van der Waals surface area contributed by atoms with Crippen LogP contribution in [0.4, 0.5) is 11.4 Å². The number of ether oxygens (including phenoxy) is 1. The molecule has 0 heterocycles. The summed E-state index contributed by atoms with van der Waals surface area (Å²) in [4.78, 5) is 12.1. The molecule has 1 unspecified atom stereocenters. The molecule has 0 saturated carbocycles. The Bertz CT molecular complexity index is 616. The number of nitrogens with one attached hydrogen (secondary N) is 1. The molecule has 0 bridgehead atoms. The van der Waals surface area contributed by atoms with Gasteiger partial charge in [-0.15, -0.1) is 0 Å². The van der Waals surface area contributed by atoms with Gasteiger partial charge in [0.05, 0.1) is 14.9 Å². The average Bonchev–Trinajstić information content (AvgIpc) is 2.43. The normalized spacial score (nSPS) is 11.7. The molecule has 3 N–H and O–H groups in total. The number of hydrogen-bond acceptors (Lipinski definition) is 3. The van der Waals surface area contributed by atoms with Gasteiger partial charge in [-0.25, -0.2) is 0 Å². The topological polar surface area (TPSA) is 64.3 Å². The van der Waals surface area contributed by atoms with Gasteiger partial charge in [-0.05, 0) is 53.8 Å². The predicted octanol–water partition coefficient (Wildman–Crippen LogP) is 3.28. The number of anilines is 2. The number of rotatable bonds is 4. The highest BCUT2D eigenvalue weighted by molar-refractivity contribution is 14.1. The third kappa shape index (κ3) is 3.63. The van der Waals surface area contributed by atoms with Crippen molar-refractivity contribution in [2.75, 3.05) is 11.1 Å². The minimum atomic E-state index is -0.606. The van der Waals surface area contributed by atoms with E-state index < -0.39 is 6.10 Å². The number of nitrogen functional groups attached to an aromatic ring is 1. The fourth-order valence-corrected chi connectivity index (χ4v) is 2.14. The van der Waals surface area contributed by atoms with Crippen molar-refractivity contribution in [3.63, 3.8) is 0 Å². The molecule has 1 atom stereocenters. The molecule has 0 spiro atoms. The summed E-state index contributed by atoms with van der Waals surface area (Å²) in [6, 6.07) is 14.7. The van der Waals surface area contributed by atoms with Crippen molar-refractivity contribution < 1.29 is 9.53 Å². The van der Waals surface area contributed by atoms with Gasteiger partial charge in [0.25, 0.3) is 5.91 Å². The maximum Gasteiger partial charge on any atom is 0.265 e. The van der Waals surface area contributed by atoms with Gasteiger partial charge in [0.1, 0.15) is 5.75 Å². The van der Waals surface area contributed by atoms with Crippen LogP contribution >= 0.6 is 22.6 Å². The van der Waals surface area contributed by atoms with Crippen molar-refractivity contribution >= 4 is 39.9 Å². The Labute approximate surface area is 131 Å². The summed E-state index contributed by atoms with van der Waals surface area (Å²) in [6.45, 7) is 1.71. The average molecular weight is 382 g/mol. The SMILES string of the molecule is CC(Oc1ccccc1I)C(=O)Nc1ccccc1N. The van der Waals surface area contributed by atoms with Gasteiger partial charge in [-0.3, -0.25) is 4.79 Å². The number of carbonyl (C=O) groups is 1. The van der Waals surface area contributed by atoms with Gasteiger partial charge in [-0.1, -0.05) is 24.3 Å². The predicted molar refractivity (Wildman–Crippen MR) is 88.7 cm³/mol. The molecule has 0 aliphatic rings. The van der Waals surface area contributed by atoms with Gasteiger partial charge in [-0.2, -0.15) is 0 Å². The lowest BCUT2D eigenvalue weighted by molar-refractivity contribution is -0.122. The number of halogens is 1. The Kier molecular flexibility index (Phi) is 4.84. The maximum atomic E-state index is 12.1. The Hall–Kier alpha value is -1.76. The third-order valence-electron chi connectivity index (χ3n) is 2.73. The molecule has 104 valence electrons. The highest BCUT2D eigenvalue weighted by atomic mass is 127. The molecule has 4 nitrogen and oxygen atoms in total. The standard InChI is InChI=1S/C15H15IN2O2/c1-10(20-14-9-5-2-6-11(14)16)15(19)18-13-8-4-3-7-12(13)17/h2-10H,17H2,1H3,(H,18,19). The van der Waals surface area contributed by atoms with Gasteiger partial charge in [0.15, 0.2) is 6.10 Å². The molecule has 5 heteroatoms. The number of para-hydroxylation sites is 3. The molecule has 2 rings (SSSR count). The minimum Gasteiger partial charge on any atom is -0.480 e. The zero-order valence-electron chi connectivity index (χ0n) is 11.0. The maximum absolute atomic E-state index is 12.1. The van der Waals surface area contributed by atoms with Crippen LogP contribution in [0.1, 0.15) is 6.92 Å². The van der Waals surface area contributed by atoms with E-state index in [1.807, 2.05) is 36.4 Å². The first-order valence-electron chi connectivity index (χ1n) is 6.14. The first-order valence-corrected chi connectivity index (χ1v) is 7.22. The van der Waals surface area contributed by atoms with Gasteiger partial charge in [0.2, 0.25) is 0 Å². The smallest absolute Gasteiger partial charge is 0.265 e. The quantitative estimate of drug-likeness (QED) is 0.630. The van der Waals surface area contributed by atoms with E-state index in [9.17, 15) is 4.79 Å². The van der Waals surface area contributed by atoms with Crippen LogP contribution in [0.3, 0.4) is 0 Å². The van der Waals surface area contributed by atoms with Crippen molar-refractivity contribution in [2.45, 2.75) is 13.0 Å². The second kappa shape index (κ2) is 6.60.